The first-order chi connectivity index (χ1) is 12.1. The third kappa shape index (κ3) is 3.52. The molecular weight excluding hydrogens is 338 g/mol. The van der Waals surface area contributed by atoms with Gasteiger partial charge in [-0.2, -0.15) is 4.98 Å². The fourth-order valence-electron chi connectivity index (χ4n) is 3.58. The fourth-order valence-corrected chi connectivity index (χ4v) is 4.20. The summed E-state index contributed by atoms with van der Waals surface area (Å²) < 4.78 is 11.5. The minimum atomic E-state index is -0.152. The van der Waals surface area contributed by atoms with Gasteiger partial charge in [-0.05, 0) is 50.1 Å². The maximum Gasteiger partial charge on any atom is 0.255 e. The molecule has 2 aromatic heterocycles. The summed E-state index contributed by atoms with van der Waals surface area (Å²) in [6.45, 7) is 3.26. The Balaban J connectivity index is 1.33. The highest BCUT2D eigenvalue weighted by Gasteiger charge is 2.45. The van der Waals surface area contributed by atoms with Crippen molar-refractivity contribution in [3.8, 4) is 0 Å². The lowest BCUT2D eigenvalue weighted by atomic mass is 9.88. The molecule has 132 valence electrons. The van der Waals surface area contributed by atoms with Gasteiger partial charge in [-0.15, -0.1) is 11.3 Å². The van der Waals surface area contributed by atoms with E-state index in [0.717, 1.165) is 43.6 Å². The molecule has 0 unspecified atom stereocenters. The van der Waals surface area contributed by atoms with Gasteiger partial charge in [0.25, 0.3) is 5.89 Å². The highest BCUT2D eigenvalue weighted by atomic mass is 32.1. The molecule has 0 aliphatic carbocycles. The zero-order chi connectivity index (χ0) is 17.3. The number of hydrogen-bond donors (Lipinski definition) is 0. The lowest BCUT2D eigenvalue weighted by molar-refractivity contribution is -0.133. The molecule has 25 heavy (non-hydrogen) atoms. The van der Waals surface area contributed by atoms with E-state index in [2.05, 4.69) is 10.1 Å². The van der Waals surface area contributed by atoms with Gasteiger partial charge in [-0.3, -0.25) is 4.79 Å². The molecule has 2 fully saturated rings. The number of carbonyl (C=O) groups excluding carboxylic acids is 1. The van der Waals surface area contributed by atoms with Crippen LogP contribution in [0.2, 0.25) is 0 Å². The number of aryl methyl sites for hydroxylation is 1. The van der Waals surface area contributed by atoms with Crippen LogP contribution in [0.1, 0.15) is 48.4 Å². The van der Waals surface area contributed by atoms with Crippen LogP contribution in [0, 0.1) is 6.92 Å². The van der Waals surface area contributed by atoms with E-state index < -0.39 is 0 Å². The van der Waals surface area contributed by atoms with Crippen molar-refractivity contribution in [1.82, 2.24) is 15.0 Å². The number of thiophene rings is 1. The van der Waals surface area contributed by atoms with Crippen LogP contribution in [0.3, 0.4) is 0 Å². The van der Waals surface area contributed by atoms with E-state index in [9.17, 15) is 4.79 Å². The Morgan fingerprint density at radius 1 is 1.40 bits per heavy atom. The summed E-state index contributed by atoms with van der Waals surface area (Å²) in [6, 6.07) is 3.99. The van der Waals surface area contributed by atoms with Gasteiger partial charge in [0.15, 0.2) is 5.82 Å². The van der Waals surface area contributed by atoms with Crippen LogP contribution in [0.15, 0.2) is 28.1 Å². The van der Waals surface area contributed by atoms with Gasteiger partial charge in [-0.25, -0.2) is 0 Å². The van der Waals surface area contributed by atoms with Gasteiger partial charge in [0, 0.05) is 24.0 Å². The number of ether oxygens (including phenoxy) is 1. The van der Waals surface area contributed by atoms with Crippen molar-refractivity contribution in [2.24, 2.45) is 0 Å². The second kappa shape index (κ2) is 6.72. The number of piperidine rings is 1. The summed E-state index contributed by atoms with van der Waals surface area (Å²) >= 11 is 1.63. The molecule has 0 saturated carbocycles. The maximum atomic E-state index is 12.4. The monoisotopic (exact) mass is 359 g/mol. The molecule has 1 spiro atoms. The second-order valence-corrected chi connectivity index (χ2v) is 7.66. The molecule has 0 aromatic carbocycles. The molecule has 7 heteroatoms. The SMILES string of the molecule is Cc1noc([C@H]2CCC3(CCN(C(=O)/C=C/c4cccs4)CC3)O2)n1. The lowest BCUT2D eigenvalue weighted by Crippen LogP contribution is -2.46. The average molecular weight is 359 g/mol. The van der Waals surface area contributed by atoms with Crippen molar-refractivity contribution in [3.63, 3.8) is 0 Å². The van der Waals surface area contributed by atoms with Crippen LogP contribution in [0.4, 0.5) is 0 Å². The number of amides is 1. The summed E-state index contributed by atoms with van der Waals surface area (Å²) in [5, 5.41) is 5.85. The van der Waals surface area contributed by atoms with Crippen LogP contribution >= 0.6 is 11.3 Å². The van der Waals surface area contributed by atoms with E-state index in [4.69, 9.17) is 9.26 Å². The van der Waals surface area contributed by atoms with Gasteiger partial charge >= 0.3 is 0 Å². The molecule has 1 atom stereocenters. The van der Waals surface area contributed by atoms with Gasteiger partial charge in [0.2, 0.25) is 5.91 Å². The van der Waals surface area contributed by atoms with Crippen molar-refractivity contribution >= 4 is 23.3 Å². The van der Waals surface area contributed by atoms with Gasteiger partial charge in [0.05, 0.1) is 5.60 Å². The summed E-state index contributed by atoms with van der Waals surface area (Å²) in [4.78, 5) is 19.6. The molecule has 2 aliphatic heterocycles. The van der Waals surface area contributed by atoms with E-state index in [1.807, 2.05) is 35.4 Å². The number of aromatic nitrogens is 2. The van der Waals surface area contributed by atoms with Gasteiger partial charge in [0.1, 0.15) is 6.10 Å². The zero-order valence-corrected chi connectivity index (χ0v) is 15.0. The van der Waals surface area contributed by atoms with E-state index in [0.29, 0.717) is 11.7 Å². The second-order valence-electron chi connectivity index (χ2n) is 6.68. The highest BCUT2D eigenvalue weighted by Crippen LogP contribution is 2.44. The van der Waals surface area contributed by atoms with E-state index in [1.165, 1.54) is 0 Å². The number of carbonyl (C=O) groups is 1. The molecule has 0 N–H and O–H groups in total. The van der Waals surface area contributed by atoms with E-state index in [-0.39, 0.29) is 17.6 Å². The smallest absolute Gasteiger partial charge is 0.255 e. The fraction of sp³-hybridized carbons (Fsp3) is 0.500. The number of rotatable bonds is 3. The third-order valence-corrected chi connectivity index (χ3v) is 5.83. The molecular formula is C18H21N3O3S. The van der Waals surface area contributed by atoms with Crippen LogP contribution < -0.4 is 0 Å². The average Bonchev–Trinajstić information content (AvgIpc) is 3.35. The molecule has 2 saturated heterocycles. The molecule has 0 radical (unpaired) electrons. The van der Waals surface area contributed by atoms with Crippen molar-refractivity contribution in [3.05, 3.63) is 40.2 Å². The topological polar surface area (TPSA) is 68.5 Å². The maximum absolute atomic E-state index is 12.4. The molecule has 1 amide bonds. The Bertz CT molecular complexity index is 760. The molecule has 2 aromatic rings. The van der Waals surface area contributed by atoms with Crippen LogP contribution in [-0.2, 0) is 9.53 Å². The predicted molar refractivity (Wildman–Crippen MR) is 94.0 cm³/mol. The Morgan fingerprint density at radius 3 is 2.92 bits per heavy atom. The quantitative estimate of drug-likeness (QED) is 0.786. The summed E-state index contributed by atoms with van der Waals surface area (Å²) in [7, 11) is 0. The lowest BCUT2D eigenvalue weighted by Gasteiger charge is -2.38. The minimum absolute atomic E-state index is 0.0744. The number of likely N-dealkylation sites (tertiary alicyclic amines) is 1. The summed E-state index contributed by atoms with van der Waals surface area (Å²) in [5.74, 6) is 1.29. The van der Waals surface area contributed by atoms with Crippen molar-refractivity contribution in [1.29, 1.82) is 0 Å². The summed E-state index contributed by atoms with van der Waals surface area (Å²) in [5.41, 5.74) is -0.152. The number of hydrogen-bond acceptors (Lipinski definition) is 6. The zero-order valence-electron chi connectivity index (χ0n) is 14.2. The first-order valence-electron chi connectivity index (χ1n) is 8.62. The Hall–Kier alpha value is -1.99. The normalized spacial score (nSPS) is 22.9. The molecule has 4 rings (SSSR count). The van der Waals surface area contributed by atoms with E-state index in [1.54, 1.807) is 17.4 Å². The predicted octanol–water partition coefficient (Wildman–Crippen LogP) is 3.37. The standard InChI is InChI=1S/C18H21N3O3S/c1-13-19-17(24-20-13)15-6-7-18(23-15)8-10-21(11-9-18)16(22)5-4-14-3-2-12-25-14/h2-5,12,15H,6-11H2,1H3/b5-4+/t15-/m1/s1. The Morgan fingerprint density at radius 2 is 2.24 bits per heavy atom. The van der Waals surface area contributed by atoms with Crippen LogP contribution in [-0.4, -0.2) is 39.6 Å². The highest BCUT2D eigenvalue weighted by molar-refractivity contribution is 7.10. The summed E-state index contributed by atoms with van der Waals surface area (Å²) in [6.07, 6.45) is 7.03. The first kappa shape index (κ1) is 16.5. The molecule has 2 aliphatic rings. The minimum Gasteiger partial charge on any atom is -0.362 e. The third-order valence-electron chi connectivity index (χ3n) is 4.99. The largest absolute Gasteiger partial charge is 0.362 e. The van der Waals surface area contributed by atoms with Crippen LogP contribution in [0.5, 0.6) is 0 Å². The van der Waals surface area contributed by atoms with Crippen molar-refractivity contribution in [2.45, 2.75) is 44.3 Å². The van der Waals surface area contributed by atoms with Crippen molar-refractivity contribution < 1.29 is 14.1 Å². The van der Waals surface area contributed by atoms with Crippen molar-refractivity contribution in [2.75, 3.05) is 13.1 Å². The molecule has 4 heterocycles. The first-order valence-corrected chi connectivity index (χ1v) is 9.50. The van der Waals surface area contributed by atoms with Crippen LogP contribution in [0.25, 0.3) is 6.08 Å². The Labute approximate surface area is 150 Å². The van der Waals surface area contributed by atoms with Gasteiger partial charge in [-0.1, -0.05) is 11.2 Å². The molecule has 6 nitrogen and oxygen atoms in total. The Kier molecular flexibility index (Phi) is 4.43. The van der Waals surface area contributed by atoms with E-state index >= 15 is 0 Å². The van der Waals surface area contributed by atoms with Gasteiger partial charge < -0.3 is 14.2 Å². The number of nitrogens with zero attached hydrogens (tertiary/aromatic N) is 3. The molecule has 0 bridgehead atoms.